The Bertz CT molecular complexity index is 1100. The van der Waals surface area contributed by atoms with Crippen molar-refractivity contribution < 1.29 is 14.3 Å². The van der Waals surface area contributed by atoms with Crippen LogP contribution in [-0.4, -0.2) is 18.1 Å². The molecule has 0 spiro atoms. The molecule has 0 aliphatic rings. The van der Waals surface area contributed by atoms with E-state index in [0.717, 1.165) is 5.56 Å². The monoisotopic (exact) mass is 434 g/mol. The topological polar surface area (TPSA) is 67.8 Å². The number of para-hydroxylation sites is 1. The molecule has 1 N–H and O–H groups in total. The summed E-state index contributed by atoms with van der Waals surface area (Å²) in [5.74, 6) is -0.511. The number of carbonyl (C=O) groups excluding carboxylic acids is 2. The maximum absolute atomic E-state index is 12.4. The van der Waals surface area contributed by atoms with E-state index in [4.69, 9.17) is 16.3 Å². The van der Waals surface area contributed by atoms with E-state index in [2.05, 4.69) is 31.3 Å². The van der Waals surface area contributed by atoms with Crippen molar-refractivity contribution in [2.24, 2.45) is 5.10 Å². The van der Waals surface area contributed by atoms with Crippen LogP contribution in [0, 0.1) is 0 Å². The molecule has 0 aromatic heterocycles. The molecule has 0 radical (unpaired) electrons. The first-order valence-electron chi connectivity index (χ1n) is 9.75. The van der Waals surface area contributed by atoms with Gasteiger partial charge in [-0.05, 0) is 59.5 Å². The fourth-order valence-electron chi connectivity index (χ4n) is 2.77. The van der Waals surface area contributed by atoms with Crippen LogP contribution in [0.5, 0.6) is 5.75 Å². The summed E-state index contributed by atoms with van der Waals surface area (Å²) in [6.45, 7) is 6.34. The lowest BCUT2D eigenvalue weighted by Crippen LogP contribution is -2.18. The van der Waals surface area contributed by atoms with E-state index in [1.165, 1.54) is 6.21 Å². The molecule has 0 saturated heterocycles. The van der Waals surface area contributed by atoms with Gasteiger partial charge in [0.25, 0.3) is 5.91 Å². The highest BCUT2D eigenvalue weighted by Gasteiger charge is 2.14. The third-order valence-electron chi connectivity index (χ3n) is 4.58. The molecule has 0 saturated carbocycles. The minimum absolute atomic E-state index is 0.0142. The number of amides is 1. The lowest BCUT2D eigenvalue weighted by atomic mass is 9.87. The first-order chi connectivity index (χ1) is 14.7. The summed E-state index contributed by atoms with van der Waals surface area (Å²) in [6.07, 6.45) is 1.44. The molecule has 0 heterocycles. The zero-order chi connectivity index (χ0) is 22.4. The number of hydrogen-bond donors (Lipinski definition) is 1. The Labute approximate surface area is 186 Å². The molecule has 31 heavy (non-hydrogen) atoms. The molecule has 3 aromatic rings. The number of benzene rings is 3. The summed E-state index contributed by atoms with van der Waals surface area (Å²) in [6, 6.07) is 20.8. The van der Waals surface area contributed by atoms with Crippen molar-refractivity contribution in [3.63, 3.8) is 0 Å². The van der Waals surface area contributed by atoms with Crippen molar-refractivity contribution in [3.05, 3.63) is 100 Å². The predicted octanol–water partition coefficient (Wildman–Crippen LogP) is 5.62. The molecule has 0 unspecified atom stereocenters. The summed E-state index contributed by atoms with van der Waals surface area (Å²) in [4.78, 5) is 24.7. The van der Waals surface area contributed by atoms with E-state index in [0.29, 0.717) is 27.5 Å². The largest absolute Gasteiger partial charge is 0.422 e. The molecule has 0 fully saturated rings. The average Bonchev–Trinajstić information content (AvgIpc) is 2.74. The molecular formula is C25H23ClN2O3. The maximum atomic E-state index is 12.4. The number of nitrogens with zero attached hydrogens (tertiary/aromatic N) is 1. The van der Waals surface area contributed by atoms with Crippen LogP contribution < -0.4 is 10.2 Å². The number of esters is 1. The van der Waals surface area contributed by atoms with E-state index in [-0.39, 0.29) is 11.3 Å². The van der Waals surface area contributed by atoms with Crippen molar-refractivity contribution in [1.29, 1.82) is 0 Å². The summed E-state index contributed by atoms with van der Waals surface area (Å²) < 4.78 is 5.47. The van der Waals surface area contributed by atoms with E-state index < -0.39 is 5.97 Å². The zero-order valence-electron chi connectivity index (χ0n) is 17.6. The van der Waals surface area contributed by atoms with Crippen molar-refractivity contribution in [2.75, 3.05) is 0 Å². The zero-order valence-corrected chi connectivity index (χ0v) is 18.3. The van der Waals surface area contributed by atoms with Gasteiger partial charge in [-0.25, -0.2) is 10.2 Å². The average molecular weight is 435 g/mol. The second kappa shape index (κ2) is 9.58. The second-order valence-corrected chi connectivity index (χ2v) is 8.40. The van der Waals surface area contributed by atoms with Gasteiger partial charge >= 0.3 is 5.97 Å². The number of carbonyl (C=O) groups is 2. The summed E-state index contributed by atoms with van der Waals surface area (Å²) in [5, 5.41) is 4.54. The van der Waals surface area contributed by atoms with E-state index in [1.807, 2.05) is 12.1 Å². The standard InChI is InChI=1S/C25H23ClN2O3/c1-25(2,3)20-12-8-17(9-13-20)23(29)28-27-16-19-6-4-5-7-22(19)31-24(30)18-10-14-21(26)15-11-18/h4-16H,1-3H3,(H,28,29)/b27-16+. The third-order valence-corrected chi connectivity index (χ3v) is 4.84. The van der Waals surface area contributed by atoms with Crippen molar-refractivity contribution >= 4 is 29.7 Å². The predicted molar refractivity (Wildman–Crippen MR) is 123 cm³/mol. The number of rotatable bonds is 5. The Hall–Kier alpha value is -3.44. The molecule has 0 bridgehead atoms. The van der Waals surface area contributed by atoms with E-state index >= 15 is 0 Å². The van der Waals surface area contributed by atoms with Gasteiger partial charge in [-0.2, -0.15) is 5.10 Å². The highest BCUT2D eigenvalue weighted by atomic mass is 35.5. The number of hydrogen-bond acceptors (Lipinski definition) is 4. The van der Waals surface area contributed by atoms with Gasteiger partial charge in [0.2, 0.25) is 0 Å². The number of nitrogens with one attached hydrogen (secondary N) is 1. The van der Waals surface area contributed by atoms with Gasteiger partial charge in [0.1, 0.15) is 5.75 Å². The first-order valence-corrected chi connectivity index (χ1v) is 10.1. The molecule has 158 valence electrons. The fourth-order valence-corrected chi connectivity index (χ4v) is 2.90. The van der Waals surface area contributed by atoms with Crippen molar-refractivity contribution in [3.8, 4) is 5.75 Å². The molecule has 0 aliphatic heterocycles. The summed E-state index contributed by atoms with van der Waals surface area (Å²) in [5.41, 5.74) is 5.09. The van der Waals surface area contributed by atoms with Crippen LogP contribution >= 0.6 is 11.6 Å². The van der Waals surface area contributed by atoms with E-state index in [1.54, 1.807) is 60.7 Å². The smallest absolute Gasteiger partial charge is 0.343 e. The Morgan fingerprint density at radius 2 is 1.52 bits per heavy atom. The highest BCUT2D eigenvalue weighted by Crippen LogP contribution is 2.22. The van der Waals surface area contributed by atoms with Crippen LogP contribution in [0.1, 0.15) is 52.6 Å². The number of halogens is 1. The van der Waals surface area contributed by atoms with E-state index in [9.17, 15) is 9.59 Å². The molecule has 3 rings (SSSR count). The van der Waals surface area contributed by atoms with Crippen LogP contribution in [0.3, 0.4) is 0 Å². The van der Waals surface area contributed by atoms with Crippen molar-refractivity contribution in [2.45, 2.75) is 26.2 Å². The molecule has 6 heteroatoms. The highest BCUT2D eigenvalue weighted by molar-refractivity contribution is 6.30. The molecule has 0 aliphatic carbocycles. The van der Waals surface area contributed by atoms with Gasteiger partial charge in [-0.15, -0.1) is 0 Å². The molecule has 5 nitrogen and oxygen atoms in total. The quantitative estimate of drug-likeness (QED) is 0.245. The minimum atomic E-state index is -0.513. The van der Waals surface area contributed by atoms with Crippen LogP contribution in [0.4, 0.5) is 0 Å². The Kier molecular flexibility index (Phi) is 6.88. The Balaban J connectivity index is 1.67. The maximum Gasteiger partial charge on any atom is 0.343 e. The Morgan fingerprint density at radius 1 is 0.903 bits per heavy atom. The second-order valence-electron chi connectivity index (χ2n) is 7.96. The van der Waals surface area contributed by atoms with Gasteiger partial charge in [-0.1, -0.05) is 56.6 Å². The van der Waals surface area contributed by atoms with Gasteiger partial charge < -0.3 is 4.74 Å². The first kappa shape index (κ1) is 22.2. The lowest BCUT2D eigenvalue weighted by molar-refractivity contribution is 0.0734. The van der Waals surface area contributed by atoms with Crippen LogP contribution in [0.25, 0.3) is 0 Å². The van der Waals surface area contributed by atoms with Gasteiger partial charge in [0.05, 0.1) is 11.8 Å². The van der Waals surface area contributed by atoms with Crippen LogP contribution in [-0.2, 0) is 5.41 Å². The third kappa shape index (κ3) is 6.03. The summed E-state index contributed by atoms with van der Waals surface area (Å²) in [7, 11) is 0. The van der Waals surface area contributed by atoms with Crippen LogP contribution in [0.2, 0.25) is 5.02 Å². The van der Waals surface area contributed by atoms with Gasteiger partial charge in [0, 0.05) is 16.1 Å². The summed E-state index contributed by atoms with van der Waals surface area (Å²) >= 11 is 5.85. The van der Waals surface area contributed by atoms with Crippen molar-refractivity contribution in [1.82, 2.24) is 5.43 Å². The lowest BCUT2D eigenvalue weighted by Gasteiger charge is -2.18. The number of hydrazone groups is 1. The normalized spacial score (nSPS) is 11.4. The minimum Gasteiger partial charge on any atom is -0.422 e. The van der Waals surface area contributed by atoms with Gasteiger partial charge in [0.15, 0.2) is 0 Å². The fraction of sp³-hybridized carbons (Fsp3) is 0.160. The molecule has 1 amide bonds. The molecular weight excluding hydrogens is 412 g/mol. The Morgan fingerprint density at radius 3 is 2.16 bits per heavy atom. The van der Waals surface area contributed by atoms with Gasteiger partial charge in [-0.3, -0.25) is 4.79 Å². The molecule has 3 aromatic carbocycles. The van der Waals surface area contributed by atoms with Crippen LogP contribution in [0.15, 0.2) is 77.9 Å². The SMILES string of the molecule is CC(C)(C)c1ccc(C(=O)N/N=C/c2ccccc2OC(=O)c2ccc(Cl)cc2)cc1. The number of ether oxygens (including phenoxy) is 1. The molecule has 0 atom stereocenters.